The van der Waals surface area contributed by atoms with Gasteiger partial charge in [0.2, 0.25) is 11.6 Å². The molecule has 0 fully saturated rings. The fourth-order valence-corrected chi connectivity index (χ4v) is 5.24. The quantitative estimate of drug-likeness (QED) is 0.125. The van der Waals surface area contributed by atoms with E-state index in [4.69, 9.17) is 23.2 Å². The lowest BCUT2D eigenvalue weighted by atomic mass is 9.91. The average Bonchev–Trinajstić information content (AvgIpc) is 3.01. The highest BCUT2D eigenvalue weighted by molar-refractivity contribution is 6.32. The summed E-state index contributed by atoms with van der Waals surface area (Å²) in [6.45, 7) is 2.63. The summed E-state index contributed by atoms with van der Waals surface area (Å²) < 4.78 is 0. The Hall–Kier alpha value is -4.97. The van der Waals surface area contributed by atoms with Gasteiger partial charge in [-0.3, -0.25) is 10.1 Å². The van der Waals surface area contributed by atoms with Crippen molar-refractivity contribution in [3.05, 3.63) is 151 Å². The number of nitriles is 1. The Bertz CT molecular complexity index is 1740. The lowest BCUT2D eigenvalue weighted by Gasteiger charge is -2.24. The van der Waals surface area contributed by atoms with E-state index in [0.29, 0.717) is 34.4 Å². The molecule has 0 aliphatic heterocycles. The molecule has 0 amide bonds. The Labute approximate surface area is 259 Å². The molecule has 5 rings (SSSR count). The monoisotopic (exact) mass is 608 g/mol. The maximum Gasteiger partial charge on any atom is 0.353 e. The van der Waals surface area contributed by atoms with E-state index in [2.05, 4.69) is 21.4 Å². The summed E-state index contributed by atoms with van der Waals surface area (Å²) in [6, 6.07) is 32.2. The van der Waals surface area contributed by atoms with Crippen LogP contribution in [0, 0.1) is 28.4 Å². The fraction of sp³-hybridized carbons (Fsp3) is 0.121. The van der Waals surface area contributed by atoms with Gasteiger partial charge in [0.25, 0.3) is 0 Å². The van der Waals surface area contributed by atoms with E-state index in [1.54, 1.807) is 36.4 Å². The number of rotatable bonds is 10. The van der Waals surface area contributed by atoms with Crippen LogP contribution in [0.4, 0.5) is 23.0 Å². The van der Waals surface area contributed by atoms with Gasteiger partial charge in [0, 0.05) is 28.8 Å². The Kier molecular flexibility index (Phi) is 9.16. The first kappa shape index (κ1) is 29.5. The topological polar surface area (TPSA) is 108 Å². The van der Waals surface area contributed by atoms with Crippen LogP contribution in [-0.2, 0) is 13.1 Å². The molecular weight excluding hydrogens is 583 g/mol. The van der Waals surface area contributed by atoms with Crippen LogP contribution in [0.2, 0.25) is 10.0 Å². The number of benzene rings is 4. The minimum atomic E-state index is -0.623. The first-order valence-corrected chi connectivity index (χ1v) is 14.1. The molecular formula is C33H26Cl2N6O2. The van der Waals surface area contributed by atoms with E-state index in [0.717, 1.165) is 22.3 Å². The molecule has 1 heterocycles. The third-order valence-corrected chi connectivity index (χ3v) is 7.54. The van der Waals surface area contributed by atoms with Crippen molar-refractivity contribution in [1.82, 2.24) is 9.97 Å². The summed E-state index contributed by atoms with van der Waals surface area (Å²) in [5, 5.41) is 26.5. The van der Waals surface area contributed by atoms with Crippen molar-refractivity contribution in [1.29, 1.82) is 5.26 Å². The number of hydrogen-bond acceptors (Lipinski definition) is 7. The first-order valence-electron chi connectivity index (χ1n) is 13.4. The SMILES string of the molecule is Cc1cc(C(C#N)c2ccc(Cl)cc2)c(Cl)cc1Nc1ncnc(N(Cc2ccccc2)Cc2ccccc2)c1[N+](=O)[O-]. The Morgan fingerprint density at radius 3 is 2.09 bits per heavy atom. The average molecular weight is 610 g/mol. The molecule has 0 spiro atoms. The minimum Gasteiger partial charge on any atom is -0.342 e. The zero-order chi connectivity index (χ0) is 30.3. The molecule has 0 saturated heterocycles. The molecule has 43 heavy (non-hydrogen) atoms. The van der Waals surface area contributed by atoms with Crippen LogP contribution in [0.25, 0.3) is 0 Å². The fourth-order valence-electron chi connectivity index (χ4n) is 4.84. The van der Waals surface area contributed by atoms with Crippen LogP contribution < -0.4 is 10.2 Å². The second-order valence-electron chi connectivity index (χ2n) is 9.91. The maximum atomic E-state index is 12.5. The smallest absolute Gasteiger partial charge is 0.342 e. The van der Waals surface area contributed by atoms with Crippen LogP contribution in [0.3, 0.4) is 0 Å². The van der Waals surface area contributed by atoms with Crippen molar-refractivity contribution in [2.45, 2.75) is 25.9 Å². The summed E-state index contributed by atoms with van der Waals surface area (Å²) in [7, 11) is 0. The zero-order valence-corrected chi connectivity index (χ0v) is 24.6. The van der Waals surface area contributed by atoms with Crippen LogP contribution >= 0.6 is 23.2 Å². The highest BCUT2D eigenvalue weighted by Gasteiger charge is 2.28. The molecule has 1 aromatic heterocycles. The van der Waals surface area contributed by atoms with Crippen molar-refractivity contribution in [3.63, 3.8) is 0 Å². The van der Waals surface area contributed by atoms with E-state index in [1.165, 1.54) is 6.33 Å². The normalized spacial score (nSPS) is 11.4. The second-order valence-corrected chi connectivity index (χ2v) is 10.7. The molecule has 0 bridgehead atoms. The molecule has 0 saturated carbocycles. The predicted molar refractivity (Wildman–Crippen MR) is 170 cm³/mol. The number of nitro groups is 1. The number of halogens is 2. The largest absolute Gasteiger partial charge is 0.353 e. The lowest BCUT2D eigenvalue weighted by Crippen LogP contribution is -2.24. The number of hydrogen-bond donors (Lipinski definition) is 1. The molecule has 5 aromatic rings. The second kappa shape index (κ2) is 13.3. The molecule has 0 aliphatic carbocycles. The minimum absolute atomic E-state index is 0.0302. The summed E-state index contributed by atoms with van der Waals surface area (Å²) in [6.07, 6.45) is 1.31. The van der Waals surface area contributed by atoms with Crippen LogP contribution in [0.15, 0.2) is 103 Å². The van der Waals surface area contributed by atoms with E-state index >= 15 is 0 Å². The van der Waals surface area contributed by atoms with Crippen LogP contribution in [0.5, 0.6) is 0 Å². The highest BCUT2D eigenvalue weighted by atomic mass is 35.5. The summed E-state index contributed by atoms with van der Waals surface area (Å²) in [5.41, 5.74) is 4.32. The molecule has 10 heteroatoms. The van der Waals surface area contributed by atoms with Gasteiger partial charge in [0.1, 0.15) is 6.33 Å². The predicted octanol–water partition coefficient (Wildman–Crippen LogP) is 8.61. The molecule has 8 nitrogen and oxygen atoms in total. The lowest BCUT2D eigenvalue weighted by molar-refractivity contribution is -0.383. The van der Waals surface area contributed by atoms with Gasteiger partial charge in [-0.25, -0.2) is 9.97 Å². The van der Waals surface area contributed by atoms with Gasteiger partial charge in [-0.2, -0.15) is 5.26 Å². The van der Waals surface area contributed by atoms with Gasteiger partial charge in [0.05, 0.1) is 16.9 Å². The summed E-state index contributed by atoms with van der Waals surface area (Å²) >= 11 is 12.7. The molecule has 1 atom stereocenters. The summed E-state index contributed by atoms with van der Waals surface area (Å²) in [4.78, 5) is 22.6. The Morgan fingerprint density at radius 1 is 0.930 bits per heavy atom. The van der Waals surface area contributed by atoms with E-state index < -0.39 is 10.8 Å². The highest BCUT2D eigenvalue weighted by Crippen LogP contribution is 2.38. The maximum absolute atomic E-state index is 12.5. The summed E-state index contributed by atoms with van der Waals surface area (Å²) in [5.74, 6) is -0.410. The molecule has 1 unspecified atom stereocenters. The number of anilines is 3. The van der Waals surface area contributed by atoms with Crippen LogP contribution in [-0.4, -0.2) is 14.9 Å². The van der Waals surface area contributed by atoms with Crippen molar-refractivity contribution in [3.8, 4) is 6.07 Å². The van der Waals surface area contributed by atoms with Crippen molar-refractivity contribution in [2.75, 3.05) is 10.2 Å². The molecule has 1 N–H and O–H groups in total. The van der Waals surface area contributed by atoms with Gasteiger partial charge in [-0.05, 0) is 52.9 Å². The first-order chi connectivity index (χ1) is 20.8. The third kappa shape index (κ3) is 6.92. The van der Waals surface area contributed by atoms with E-state index in [1.807, 2.05) is 72.5 Å². The third-order valence-electron chi connectivity index (χ3n) is 6.96. The Balaban J connectivity index is 1.52. The Morgan fingerprint density at radius 2 is 1.53 bits per heavy atom. The number of aromatic nitrogens is 2. The molecule has 0 aliphatic rings. The zero-order valence-electron chi connectivity index (χ0n) is 23.1. The molecule has 0 radical (unpaired) electrons. The van der Waals surface area contributed by atoms with Gasteiger partial charge in [-0.1, -0.05) is 102 Å². The van der Waals surface area contributed by atoms with E-state index in [-0.39, 0.29) is 17.3 Å². The van der Waals surface area contributed by atoms with Crippen molar-refractivity contribution < 1.29 is 4.92 Å². The van der Waals surface area contributed by atoms with E-state index in [9.17, 15) is 15.4 Å². The molecule has 214 valence electrons. The number of nitrogens with zero attached hydrogens (tertiary/aromatic N) is 5. The standard InChI is InChI=1S/C33H26Cl2N6O2/c1-22-16-27(28(18-36)25-12-14-26(34)15-13-25)29(35)17-30(22)39-32-31(41(42)43)33(38-21-37-32)40(19-23-8-4-2-5-9-23)20-24-10-6-3-7-11-24/h2-17,21,28H,19-20H2,1H3,(H,37,38,39). The van der Waals surface area contributed by atoms with Crippen molar-refractivity contribution >= 4 is 46.2 Å². The van der Waals surface area contributed by atoms with Gasteiger partial charge in [0.15, 0.2) is 0 Å². The van der Waals surface area contributed by atoms with Gasteiger partial charge >= 0.3 is 5.69 Å². The van der Waals surface area contributed by atoms with Gasteiger partial charge in [-0.15, -0.1) is 0 Å². The van der Waals surface area contributed by atoms with Gasteiger partial charge < -0.3 is 10.2 Å². The molecule has 4 aromatic carbocycles. The van der Waals surface area contributed by atoms with Crippen LogP contribution in [0.1, 0.15) is 33.7 Å². The number of aryl methyl sites for hydroxylation is 1. The number of nitrogens with one attached hydrogen (secondary N) is 1. The van der Waals surface area contributed by atoms with Crippen molar-refractivity contribution in [2.24, 2.45) is 0 Å².